The first kappa shape index (κ1) is 29.7. The van der Waals surface area contributed by atoms with Gasteiger partial charge in [-0.05, 0) is 61.4 Å². The molecule has 0 unspecified atom stereocenters. The Hall–Kier alpha value is -5.40. The molecule has 13 heteroatoms. The van der Waals surface area contributed by atoms with Crippen LogP contribution in [0.15, 0.2) is 78.4 Å². The number of carbonyl (C=O) groups excluding carboxylic acids is 1. The number of aromatic nitrogens is 6. The second kappa shape index (κ2) is 13.1. The lowest BCUT2D eigenvalue weighted by molar-refractivity contribution is -0.111. The zero-order valence-electron chi connectivity index (χ0n) is 25.3. The number of anilines is 4. The van der Waals surface area contributed by atoms with E-state index in [1.165, 1.54) is 17.4 Å². The van der Waals surface area contributed by atoms with Gasteiger partial charge < -0.3 is 25.2 Å². The molecule has 45 heavy (non-hydrogen) atoms. The number of hydrogen-bond donors (Lipinski definition) is 2. The fourth-order valence-electron chi connectivity index (χ4n) is 4.74. The third-order valence-electron chi connectivity index (χ3n) is 7.07. The number of nitrogens with zero attached hydrogens (tertiary/aromatic N) is 8. The molecule has 0 saturated heterocycles. The molecule has 0 saturated carbocycles. The average Bonchev–Trinajstić information content (AvgIpc) is 3.70. The van der Waals surface area contributed by atoms with Crippen molar-refractivity contribution in [1.29, 1.82) is 0 Å². The van der Waals surface area contributed by atoms with Crippen LogP contribution in [0.2, 0.25) is 0 Å². The van der Waals surface area contributed by atoms with Crippen LogP contribution in [0.1, 0.15) is 5.56 Å². The minimum Gasteiger partial charge on any atom is -0.494 e. The Bertz CT molecular complexity index is 1990. The number of pyridine rings is 1. The number of likely N-dealkylation sites (N-methyl/N-ethyl adjacent to an activating group) is 2. The molecule has 1 amide bonds. The molecule has 0 aliphatic carbocycles. The number of carbonyl (C=O) groups is 1. The molecule has 12 nitrogen and oxygen atoms in total. The van der Waals surface area contributed by atoms with Crippen molar-refractivity contribution in [2.45, 2.75) is 0 Å². The standard InChI is InChI=1S/C32H32N10O2S/c1-40(2)15-16-41(3)27-19-28(44-4)25(18-24(27)34-29(43)12-11-21-8-7-14-33-20-21)36-32-35-23-13-17-45-30(23)31(37-32)42-26-10-6-5-9-22(26)38-39-42/h5-14,17-20H,15-16H2,1-4H3,(H,34,43)(H,35,36,37)/b12-11+. The molecule has 0 aliphatic heterocycles. The summed E-state index contributed by atoms with van der Waals surface area (Å²) in [5, 5.41) is 17.1. The molecule has 0 atom stereocenters. The fourth-order valence-corrected chi connectivity index (χ4v) is 5.54. The van der Waals surface area contributed by atoms with Gasteiger partial charge in [0, 0.05) is 44.7 Å². The number of fused-ring (bicyclic) bond motifs is 2. The molecule has 0 aliphatic rings. The zero-order valence-corrected chi connectivity index (χ0v) is 26.1. The lowest BCUT2D eigenvalue weighted by Crippen LogP contribution is -2.29. The SMILES string of the molecule is COc1cc(N(C)CCN(C)C)c(NC(=O)/C=C/c2cccnc2)cc1Nc1nc(-n2nnc3ccccc32)c2sccc2n1. The monoisotopic (exact) mass is 620 g/mol. The Kier molecular flexibility index (Phi) is 8.62. The van der Waals surface area contributed by atoms with Crippen LogP contribution in [0.5, 0.6) is 5.75 Å². The molecule has 4 aromatic heterocycles. The largest absolute Gasteiger partial charge is 0.494 e. The van der Waals surface area contributed by atoms with Gasteiger partial charge in [-0.2, -0.15) is 9.67 Å². The maximum absolute atomic E-state index is 13.1. The van der Waals surface area contributed by atoms with Crippen LogP contribution >= 0.6 is 11.3 Å². The van der Waals surface area contributed by atoms with E-state index in [2.05, 4.69) is 35.7 Å². The van der Waals surface area contributed by atoms with E-state index in [9.17, 15) is 4.79 Å². The molecule has 0 spiro atoms. The number of methoxy groups -OCH3 is 1. The molecule has 2 N–H and O–H groups in total. The van der Waals surface area contributed by atoms with Crippen molar-refractivity contribution in [2.24, 2.45) is 0 Å². The topological polar surface area (TPSA) is 126 Å². The summed E-state index contributed by atoms with van der Waals surface area (Å²) in [6, 6.07) is 17.1. The first-order valence-corrected chi connectivity index (χ1v) is 15.1. The first-order chi connectivity index (χ1) is 21.9. The third-order valence-corrected chi connectivity index (χ3v) is 7.97. The zero-order chi connectivity index (χ0) is 31.3. The van der Waals surface area contributed by atoms with Gasteiger partial charge in [-0.25, -0.2) is 4.98 Å². The van der Waals surface area contributed by atoms with Crippen LogP contribution < -0.4 is 20.3 Å². The number of rotatable bonds is 11. The van der Waals surface area contributed by atoms with E-state index < -0.39 is 0 Å². The van der Waals surface area contributed by atoms with Gasteiger partial charge in [0.05, 0.1) is 39.9 Å². The predicted octanol–water partition coefficient (Wildman–Crippen LogP) is 5.22. The van der Waals surface area contributed by atoms with Crippen molar-refractivity contribution in [3.63, 3.8) is 0 Å². The summed E-state index contributed by atoms with van der Waals surface area (Å²) in [4.78, 5) is 31.0. The predicted molar refractivity (Wildman–Crippen MR) is 180 cm³/mol. The number of ether oxygens (including phenoxy) is 1. The number of para-hydroxylation sites is 1. The average molecular weight is 621 g/mol. The fraction of sp³-hybridized carbons (Fsp3) is 0.188. The van der Waals surface area contributed by atoms with E-state index in [1.807, 2.05) is 81.1 Å². The van der Waals surface area contributed by atoms with Crippen molar-refractivity contribution in [3.05, 3.63) is 84.0 Å². The summed E-state index contributed by atoms with van der Waals surface area (Å²) in [6.45, 7) is 1.55. The maximum Gasteiger partial charge on any atom is 0.248 e. The molecule has 0 radical (unpaired) electrons. The molecule has 228 valence electrons. The number of nitrogens with one attached hydrogen (secondary N) is 2. The highest BCUT2D eigenvalue weighted by Crippen LogP contribution is 2.38. The molecule has 4 heterocycles. The molecule has 2 aromatic carbocycles. The quantitative estimate of drug-likeness (QED) is 0.186. The van der Waals surface area contributed by atoms with E-state index in [0.717, 1.165) is 45.6 Å². The Morgan fingerprint density at radius 1 is 1.02 bits per heavy atom. The minimum atomic E-state index is -0.284. The van der Waals surface area contributed by atoms with Crippen LogP contribution in [-0.2, 0) is 4.79 Å². The highest BCUT2D eigenvalue weighted by atomic mass is 32.1. The van der Waals surface area contributed by atoms with Gasteiger partial charge in [-0.15, -0.1) is 16.4 Å². The number of hydrogen-bond acceptors (Lipinski definition) is 11. The van der Waals surface area contributed by atoms with Crippen LogP contribution in [0.25, 0.3) is 33.1 Å². The Morgan fingerprint density at radius 3 is 2.69 bits per heavy atom. The van der Waals surface area contributed by atoms with Gasteiger partial charge in [0.25, 0.3) is 0 Å². The molecular formula is C32H32N10O2S. The van der Waals surface area contributed by atoms with Crippen LogP contribution in [0.4, 0.5) is 23.0 Å². The second-order valence-corrected chi connectivity index (χ2v) is 11.4. The summed E-state index contributed by atoms with van der Waals surface area (Å²) in [7, 11) is 7.63. The maximum atomic E-state index is 13.1. The first-order valence-electron chi connectivity index (χ1n) is 14.2. The van der Waals surface area contributed by atoms with Crippen molar-refractivity contribution < 1.29 is 9.53 Å². The molecule has 6 aromatic rings. The third kappa shape index (κ3) is 6.59. The van der Waals surface area contributed by atoms with Gasteiger partial charge in [0.2, 0.25) is 11.9 Å². The second-order valence-electron chi connectivity index (χ2n) is 10.5. The molecule has 0 fully saturated rings. The van der Waals surface area contributed by atoms with E-state index in [4.69, 9.17) is 14.7 Å². The van der Waals surface area contributed by atoms with E-state index in [-0.39, 0.29) is 5.91 Å². The Morgan fingerprint density at radius 2 is 1.89 bits per heavy atom. The van der Waals surface area contributed by atoms with Crippen molar-refractivity contribution in [1.82, 2.24) is 34.8 Å². The van der Waals surface area contributed by atoms with E-state index in [1.54, 1.807) is 30.3 Å². The van der Waals surface area contributed by atoms with Crippen molar-refractivity contribution >= 4 is 67.6 Å². The lowest BCUT2D eigenvalue weighted by atomic mass is 10.2. The van der Waals surface area contributed by atoms with Crippen molar-refractivity contribution in [2.75, 3.05) is 56.9 Å². The number of thiophene rings is 1. The Labute approximate surface area is 264 Å². The molecule has 0 bridgehead atoms. The smallest absolute Gasteiger partial charge is 0.248 e. The summed E-state index contributed by atoms with van der Waals surface area (Å²) < 4.78 is 8.42. The summed E-state index contributed by atoms with van der Waals surface area (Å²) >= 11 is 1.53. The summed E-state index contributed by atoms with van der Waals surface area (Å²) in [5.41, 5.74) is 5.17. The van der Waals surface area contributed by atoms with Gasteiger partial charge in [-0.1, -0.05) is 23.4 Å². The van der Waals surface area contributed by atoms with Gasteiger partial charge in [0.15, 0.2) is 5.82 Å². The Balaban J connectivity index is 1.38. The normalized spacial score (nSPS) is 11.5. The summed E-state index contributed by atoms with van der Waals surface area (Å²) in [6.07, 6.45) is 6.59. The van der Waals surface area contributed by atoms with E-state index in [0.29, 0.717) is 28.9 Å². The van der Waals surface area contributed by atoms with Crippen LogP contribution in [-0.4, -0.2) is 82.1 Å². The van der Waals surface area contributed by atoms with Gasteiger partial charge in [0.1, 0.15) is 11.3 Å². The van der Waals surface area contributed by atoms with Crippen molar-refractivity contribution in [3.8, 4) is 11.6 Å². The highest BCUT2D eigenvalue weighted by Gasteiger charge is 2.19. The van der Waals surface area contributed by atoms with E-state index >= 15 is 0 Å². The minimum absolute atomic E-state index is 0.284. The lowest BCUT2D eigenvalue weighted by Gasteiger charge is -2.26. The van der Waals surface area contributed by atoms with Crippen LogP contribution in [0, 0.1) is 0 Å². The number of amides is 1. The molecule has 6 rings (SSSR count). The van der Waals surface area contributed by atoms with Gasteiger partial charge in [-0.3, -0.25) is 9.78 Å². The highest BCUT2D eigenvalue weighted by molar-refractivity contribution is 7.17. The number of benzene rings is 2. The summed E-state index contributed by atoms with van der Waals surface area (Å²) in [5.74, 6) is 1.23. The molecular weight excluding hydrogens is 588 g/mol. The van der Waals surface area contributed by atoms with Crippen LogP contribution in [0.3, 0.4) is 0 Å². The van der Waals surface area contributed by atoms with Gasteiger partial charge >= 0.3 is 0 Å².